The van der Waals surface area contributed by atoms with E-state index in [2.05, 4.69) is 41.8 Å². The molecule has 0 atom stereocenters. The second kappa shape index (κ2) is 7.85. The smallest absolute Gasteiger partial charge is 0.233 e. The van der Waals surface area contributed by atoms with Gasteiger partial charge in [-0.3, -0.25) is 4.79 Å². The van der Waals surface area contributed by atoms with E-state index >= 15 is 0 Å². The van der Waals surface area contributed by atoms with Gasteiger partial charge in [-0.1, -0.05) is 37.6 Å². The molecule has 0 aliphatic heterocycles. The van der Waals surface area contributed by atoms with E-state index in [0.29, 0.717) is 13.1 Å². The molecular weight excluding hydrogens is 212 g/mol. The molecule has 0 fully saturated rings. The van der Waals surface area contributed by atoms with Crippen LogP contribution in [-0.4, -0.2) is 26.0 Å². The Hall–Kier alpha value is -1.35. The Morgan fingerprint density at radius 2 is 1.71 bits per heavy atom. The summed E-state index contributed by atoms with van der Waals surface area (Å²) in [7, 11) is 1.77. The van der Waals surface area contributed by atoms with Gasteiger partial charge in [0.1, 0.15) is 0 Å². The number of benzene rings is 1. The fourth-order valence-corrected chi connectivity index (χ4v) is 1.73. The van der Waals surface area contributed by atoms with Gasteiger partial charge in [-0.15, -0.1) is 0 Å². The molecule has 1 aromatic rings. The minimum atomic E-state index is 0.0510. The molecule has 0 unspecified atom stereocenters. The van der Waals surface area contributed by atoms with Crippen LogP contribution in [0.25, 0.3) is 0 Å². The molecule has 2 N–H and O–H groups in total. The van der Waals surface area contributed by atoms with E-state index in [1.807, 2.05) is 0 Å². The van der Waals surface area contributed by atoms with E-state index in [0.717, 1.165) is 12.8 Å². The summed E-state index contributed by atoms with van der Waals surface area (Å²) < 4.78 is 0. The third-order valence-corrected chi connectivity index (χ3v) is 2.63. The Kier molecular flexibility index (Phi) is 6.33. The van der Waals surface area contributed by atoms with Crippen LogP contribution < -0.4 is 10.6 Å². The molecule has 94 valence electrons. The highest BCUT2D eigenvalue weighted by molar-refractivity contribution is 5.77. The first-order chi connectivity index (χ1) is 8.26. The third kappa shape index (κ3) is 5.50. The minimum absolute atomic E-state index is 0.0510. The van der Waals surface area contributed by atoms with E-state index < -0.39 is 0 Å². The van der Waals surface area contributed by atoms with E-state index in [-0.39, 0.29) is 5.91 Å². The molecular formula is C14H22N2O. The lowest BCUT2D eigenvalue weighted by Crippen LogP contribution is -2.33. The van der Waals surface area contributed by atoms with Crippen LogP contribution in [0, 0.1) is 0 Å². The molecule has 0 radical (unpaired) electrons. The lowest BCUT2D eigenvalue weighted by Gasteiger charge is -2.05. The number of likely N-dealkylation sites (N-methyl/N-ethyl adjacent to an activating group) is 1. The first-order valence-corrected chi connectivity index (χ1v) is 6.25. The molecule has 1 rings (SSSR count). The Balaban J connectivity index is 2.29. The summed E-state index contributed by atoms with van der Waals surface area (Å²) in [5.74, 6) is 0.0510. The minimum Gasteiger partial charge on any atom is -0.355 e. The fourth-order valence-electron chi connectivity index (χ4n) is 1.73. The summed E-state index contributed by atoms with van der Waals surface area (Å²) in [6, 6.07) is 8.65. The van der Waals surface area contributed by atoms with Crippen LogP contribution in [0.3, 0.4) is 0 Å². The van der Waals surface area contributed by atoms with Crippen molar-refractivity contribution in [1.29, 1.82) is 0 Å². The lowest BCUT2D eigenvalue weighted by atomic mass is 10.1. The van der Waals surface area contributed by atoms with Crippen molar-refractivity contribution in [2.75, 3.05) is 20.1 Å². The number of carbonyl (C=O) groups is 1. The van der Waals surface area contributed by atoms with Gasteiger partial charge in [0.25, 0.3) is 0 Å². The molecule has 3 nitrogen and oxygen atoms in total. The summed E-state index contributed by atoms with van der Waals surface area (Å²) in [4.78, 5) is 11.2. The number of hydrogen-bond donors (Lipinski definition) is 2. The molecule has 0 heterocycles. The molecule has 1 amide bonds. The van der Waals surface area contributed by atoms with Gasteiger partial charge in [-0.2, -0.15) is 0 Å². The van der Waals surface area contributed by atoms with Crippen molar-refractivity contribution in [3.05, 3.63) is 35.4 Å². The molecule has 0 bridgehead atoms. The summed E-state index contributed by atoms with van der Waals surface area (Å²) >= 11 is 0. The number of carbonyl (C=O) groups excluding carboxylic acids is 1. The fraction of sp³-hybridized carbons (Fsp3) is 0.500. The normalized spacial score (nSPS) is 10.2. The third-order valence-electron chi connectivity index (χ3n) is 2.63. The Morgan fingerprint density at radius 3 is 2.24 bits per heavy atom. The number of hydrogen-bond acceptors (Lipinski definition) is 2. The number of amides is 1. The first kappa shape index (κ1) is 13.7. The van der Waals surface area contributed by atoms with Gasteiger partial charge in [0, 0.05) is 6.54 Å². The zero-order valence-corrected chi connectivity index (χ0v) is 10.8. The Morgan fingerprint density at radius 1 is 1.12 bits per heavy atom. The van der Waals surface area contributed by atoms with Gasteiger partial charge in [0.15, 0.2) is 0 Å². The standard InChI is InChI=1S/C14H22N2O/c1-3-4-12-5-7-13(8-6-12)9-10-16-14(17)11-15-2/h5-8,15H,3-4,9-11H2,1-2H3,(H,16,17). The topological polar surface area (TPSA) is 41.1 Å². The highest BCUT2D eigenvalue weighted by Crippen LogP contribution is 2.06. The van der Waals surface area contributed by atoms with Crippen LogP contribution in [0.1, 0.15) is 24.5 Å². The summed E-state index contributed by atoms with van der Waals surface area (Å²) in [6.45, 7) is 3.27. The van der Waals surface area contributed by atoms with Crippen molar-refractivity contribution >= 4 is 5.91 Å². The number of nitrogens with one attached hydrogen (secondary N) is 2. The highest BCUT2D eigenvalue weighted by atomic mass is 16.1. The number of rotatable bonds is 7. The van der Waals surface area contributed by atoms with Crippen molar-refractivity contribution < 1.29 is 4.79 Å². The average molecular weight is 234 g/mol. The van der Waals surface area contributed by atoms with Crippen LogP contribution >= 0.6 is 0 Å². The second-order valence-corrected chi connectivity index (χ2v) is 4.20. The zero-order chi connectivity index (χ0) is 12.5. The van der Waals surface area contributed by atoms with Gasteiger partial charge >= 0.3 is 0 Å². The Labute approximate surface area is 104 Å². The molecule has 0 saturated carbocycles. The van der Waals surface area contributed by atoms with Gasteiger partial charge < -0.3 is 10.6 Å². The summed E-state index contributed by atoms with van der Waals surface area (Å²) in [5, 5.41) is 5.70. The summed E-state index contributed by atoms with van der Waals surface area (Å²) in [5.41, 5.74) is 2.66. The molecule has 0 spiro atoms. The molecule has 0 aliphatic carbocycles. The van der Waals surface area contributed by atoms with Crippen molar-refractivity contribution in [2.24, 2.45) is 0 Å². The van der Waals surface area contributed by atoms with Crippen LogP contribution in [-0.2, 0) is 17.6 Å². The zero-order valence-electron chi connectivity index (χ0n) is 10.8. The van der Waals surface area contributed by atoms with E-state index in [1.165, 1.54) is 17.5 Å². The number of aryl methyl sites for hydroxylation is 1. The maximum atomic E-state index is 11.2. The van der Waals surface area contributed by atoms with Gasteiger partial charge in [0.05, 0.1) is 6.54 Å². The molecule has 0 aliphatic rings. The largest absolute Gasteiger partial charge is 0.355 e. The van der Waals surface area contributed by atoms with Crippen LogP contribution in [0.15, 0.2) is 24.3 Å². The second-order valence-electron chi connectivity index (χ2n) is 4.20. The monoisotopic (exact) mass is 234 g/mol. The predicted octanol–water partition coefficient (Wildman–Crippen LogP) is 1.52. The molecule has 0 saturated heterocycles. The SMILES string of the molecule is CCCc1ccc(CCNC(=O)CNC)cc1. The van der Waals surface area contributed by atoms with Crippen LogP contribution in [0.5, 0.6) is 0 Å². The van der Waals surface area contributed by atoms with Crippen molar-refractivity contribution in [3.63, 3.8) is 0 Å². The maximum absolute atomic E-state index is 11.2. The van der Waals surface area contributed by atoms with E-state index in [9.17, 15) is 4.79 Å². The predicted molar refractivity (Wildman–Crippen MR) is 71.1 cm³/mol. The van der Waals surface area contributed by atoms with Crippen LogP contribution in [0.4, 0.5) is 0 Å². The van der Waals surface area contributed by atoms with Crippen molar-refractivity contribution in [3.8, 4) is 0 Å². The Bertz CT molecular complexity index is 333. The van der Waals surface area contributed by atoms with E-state index in [1.54, 1.807) is 7.05 Å². The molecule has 1 aromatic carbocycles. The van der Waals surface area contributed by atoms with Gasteiger partial charge in [0.2, 0.25) is 5.91 Å². The van der Waals surface area contributed by atoms with Gasteiger partial charge in [-0.05, 0) is 31.0 Å². The molecule has 0 aromatic heterocycles. The molecule has 17 heavy (non-hydrogen) atoms. The van der Waals surface area contributed by atoms with Gasteiger partial charge in [-0.25, -0.2) is 0 Å². The summed E-state index contributed by atoms with van der Waals surface area (Å²) in [6.07, 6.45) is 3.21. The lowest BCUT2D eigenvalue weighted by molar-refractivity contribution is -0.120. The average Bonchev–Trinajstić information content (AvgIpc) is 2.32. The molecule has 3 heteroatoms. The first-order valence-electron chi connectivity index (χ1n) is 6.25. The highest BCUT2D eigenvalue weighted by Gasteiger charge is 1.98. The van der Waals surface area contributed by atoms with E-state index in [4.69, 9.17) is 0 Å². The maximum Gasteiger partial charge on any atom is 0.233 e. The van der Waals surface area contributed by atoms with Crippen LogP contribution in [0.2, 0.25) is 0 Å². The van der Waals surface area contributed by atoms with Crippen molar-refractivity contribution in [2.45, 2.75) is 26.2 Å². The quantitative estimate of drug-likeness (QED) is 0.751. The van der Waals surface area contributed by atoms with Crippen molar-refractivity contribution in [1.82, 2.24) is 10.6 Å².